The molecule has 9 heteroatoms. The van der Waals surface area contributed by atoms with E-state index in [1.165, 1.54) is 0 Å². The monoisotopic (exact) mass is 431 g/mol. The van der Waals surface area contributed by atoms with Gasteiger partial charge in [0.25, 0.3) is 5.91 Å². The SMILES string of the molecule is CNC(=O)C(C)(C)n1ccc(N/C(C)=C2\C(=O)Nc3cnc(-c4cnccc4C)cc32)n1. The summed E-state index contributed by atoms with van der Waals surface area (Å²) in [5, 5.41) is 13.2. The Kier molecular flexibility index (Phi) is 5.25. The van der Waals surface area contributed by atoms with E-state index in [4.69, 9.17) is 0 Å². The fourth-order valence-corrected chi connectivity index (χ4v) is 3.69. The molecule has 0 fully saturated rings. The smallest absolute Gasteiger partial charge is 0.258 e. The van der Waals surface area contributed by atoms with Gasteiger partial charge in [0, 0.05) is 48.5 Å². The van der Waals surface area contributed by atoms with E-state index in [1.807, 2.05) is 26.0 Å². The first-order chi connectivity index (χ1) is 15.2. The molecule has 9 nitrogen and oxygen atoms in total. The second-order valence-electron chi connectivity index (χ2n) is 8.17. The third-order valence-corrected chi connectivity index (χ3v) is 5.60. The lowest BCUT2D eigenvalue weighted by molar-refractivity contribution is -0.128. The van der Waals surface area contributed by atoms with Crippen LogP contribution in [0, 0.1) is 6.92 Å². The van der Waals surface area contributed by atoms with Gasteiger partial charge >= 0.3 is 0 Å². The Morgan fingerprint density at radius 1 is 1.19 bits per heavy atom. The lowest BCUT2D eigenvalue weighted by Gasteiger charge is -2.23. The molecular weight excluding hydrogens is 406 g/mol. The van der Waals surface area contributed by atoms with Crippen LogP contribution in [0.5, 0.6) is 0 Å². The highest BCUT2D eigenvalue weighted by Gasteiger charge is 2.30. The fourth-order valence-electron chi connectivity index (χ4n) is 3.69. The first-order valence-corrected chi connectivity index (χ1v) is 10.2. The van der Waals surface area contributed by atoms with Gasteiger partial charge in [0.1, 0.15) is 5.54 Å². The predicted octanol–water partition coefficient (Wildman–Crippen LogP) is 2.92. The molecule has 0 unspecified atom stereocenters. The zero-order chi connectivity index (χ0) is 23.0. The normalized spacial score (nSPS) is 14.6. The summed E-state index contributed by atoms with van der Waals surface area (Å²) < 4.78 is 1.59. The van der Waals surface area contributed by atoms with Crippen molar-refractivity contribution in [1.29, 1.82) is 0 Å². The summed E-state index contributed by atoms with van der Waals surface area (Å²) in [6.07, 6.45) is 6.89. The molecule has 1 aliphatic rings. The van der Waals surface area contributed by atoms with E-state index < -0.39 is 5.54 Å². The van der Waals surface area contributed by atoms with Crippen LogP contribution in [0.2, 0.25) is 0 Å². The van der Waals surface area contributed by atoms with Crippen LogP contribution in [0.3, 0.4) is 0 Å². The van der Waals surface area contributed by atoms with Gasteiger partial charge in [-0.3, -0.25) is 24.2 Å². The summed E-state index contributed by atoms with van der Waals surface area (Å²) in [7, 11) is 1.59. The molecule has 164 valence electrons. The standard InChI is InChI=1S/C23H25N7O2/c1-13-6-8-25-11-16(13)17-10-15-18(12-26-17)28-21(31)20(15)14(2)27-19-7-9-30(29-19)23(3,4)22(32)24-5/h6-12H,1-5H3,(H,24,32)(H,27,29)(H,28,31)/b20-14-. The summed E-state index contributed by atoms with van der Waals surface area (Å²) in [4.78, 5) is 33.6. The minimum Gasteiger partial charge on any atom is -0.357 e. The molecule has 0 saturated heterocycles. The molecule has 0 bridgehead atoms. The number of allylic oxidation sites excluding steroid dienone is 1. The van der Waals surface area contributed by atoms with Crippen molar-refractivity contribution in [3.05, 3.63) is 59.8 Å². The van der Waals surface area contributed by atoms with Crippen LogP contribution in [0.15, 0.2) is 48.7 Å². The molecule has 4 heterocycles. The zero-order valence-corrected chi connectivity index (χ0v) is 18.6. The molecule has 3 aromatic heterocycles. The molecule has 0 radical (unpaired) electrons. The van der Waals surface area contributed by atoms with Gasteiger partial charge in [0.05, 0.1) is 23.2 Å². The van der Waals surface area contributed by atoms with Crippen LogP contribution in [-0.2, 0) is 15.1 Å². The highest BCUT2D eigenvalue weighted by atomic mass is 16.2. The van der Waals surface area contributed by atoms with E-state index in [0.717, 1.165) is 22.4 Å². The third-order valence-electron chi connectivity index (χ3n) is 5.60. The number of aryl methyl sites for hydroxylation is 1. The molecule has 4 rings (SSSR count). The van der Waals surface area contributed by atoms with Crippen molar-refractivity contribution in [3.63, 3.8) is 0 Å². The zero-order valence-electron chi connectivity index (χ0n) is 18.6. The molecule has 3 N–H and O–H groups in total. The number of carbonyl (C=O) groups excluding carboxylic acids is 2. The highest BCUT2D eigenvalue weighted by molar-refractivity contribution is 6.32. The summed E-state index contributed by atoms with van der Waals surface area (Å²) in [6.45, 7) is 7.38. The van der Waals surface area contributed by atoms with Crippen LogP contribution in [-0.4, -0.2) is 38.6 Å². The van der Waals surface area contributed by atoms with Crippen LogP contribution in [0.1, 0.15) is 31.9 Å². The molecular formula is C23H25N7O2. The van der Waals surface area contributed by atoms with Crippen LogP contribution in [0.25, 0.3) is 16.8 Å². The van der Waals surface area contributed by atoms with Gasteiger partial charge < -0.3 is 16.0 Å². The maximum Gasteiger partial charge on any atom is 0.258 e. The Balaban J connectivity index is 1.68. The Morgan fingerprint density at radius 2 is 1.97 bits per heavy atom. The number of amides is 2. The summed E-state index contributed by atoms with van der Waals surface area (Å²) in [5.74, 6) is 0.166. The molecule has 2 amide bonds. The molecule has 0 aliphatic carbocycles. The third kappa shape index (κ3) is 3.62. The van der Waals surface area contributed by atoms with E-state index in [9.17, 15) is 9.59 Å². The van der Waals surface area contributed by atoms with Gasteiger partial charge in [0.2, 0.25) is 5.91 Å². The molecule has 0 atom stereocenters. The second-order valence-corrected chi connectivity index (χ2v) is 8.17. The molecule has 1 aliphatic heterocycles. The van der Waals surface area contributed by atoms with E-state index in [-0.39, 0.29) is 11.8 Å². The van der Waals surface area contributed by atoms with Crippen molar-refractivity contribution in [2.24, 2.45) is 0 Å². The number of hydrogen-bond acceptors (Lipinski definition) is 6. The van der Waals surface area contributed by atoms with Gasteiger partial charge in [0.15, 0.2) is 5.82 Å². The van der Waals surface area contributed by atoms with E-state index >= 15 is 0 Å². The fraction of sp³-hybridized carbons (Fsp3) is 0.261. The lowest BCUT2D eigenvalue weighted by atomic mass is 10.0. The highest BCUT2D eigenvalue weighted by Crippen LogP contribution is 2.36. The van der Waals surface area contributed by atoms with Gasteiger partial charge in [-0.25, -0.2) is 0 Å². The summed E-state index contributed by atoms with van der Waals surface area (Å²) in [6, 6.07) is 5.58. The summed E-state index contributed by atoms with van der Waals surface area (Å²) >= 11 is 0. The van der Waals surface area contributed by atoms with E-state index in [1.54, 1.807) is 56.4 Å². The number of nitrogens with one attached hydrogen (secondary N) is 3. The van der Waals surface area contributed by atoms with Gasteiger partial charge in [-0.05, 0) is 45.4 Å². The number of likely N-dealkylation sites (N-methyl/N-ethyl adjacent to an activating group) is 1. The van der Waals surface area contributed by atoms with Crippen molar-refractivity contribution in [2.45, 2.75) is 33.2 Å². The molecule has 0 spiro atoms. The Bertz CT molecular complexity index is 1260. The number of hydrogen-bond donors (Lipinski definition) is 3. The van der Waals surface area contributed by atoms with Crippen LogP contribution in [0.4, 0.5) is 11.5 Å². The number of nitrogens with zero attached hydrogens (tertiary/aromatic N) is 4. The Hall–Kier alpha value is -4.01. The molecule has 32 heavy (non-hydrogen) atoms. The minimum atomic E-state index is -0.852. The van der Waals surface area contributed by atoms with Crippen LogP contribution < -0.4 is 16.0 Å². The van der Waals surface area contributed by atoms with E-state index in [2.05, 4.69) is 31.0 Å². The topological polar surface area (TPSA) is 114 Å². The van der Waals surface area contributed by atoms with Crippen molar-refractivity contribution >= 4 is 28.9 Å². The number of aromatic nitrogens is 4. The van der Waals surface area contributed by atoms with E-state index in [0.29, 0.717) is 22.8 Å². The van der Waals surface area contributed by atoms with Crippen molar-refractivity contribution in [2.75, 3.05) is 17.7 Å². The molecule has 3 aromatic rings. The van der Waals surface area contributed by atoms with Gasteiger partial charge in [-0.1, -0.05) is 0 Å². The Labute approximate surface area is 186 Å². The average Bonchev–Trinajstić information content (AvgIpc) is 3.36. The second kappa shape index (κ2) is 7.92. The Morgan fingerprint density at radius 3 is 2.69 bits per heavy atom. The molecule has 0 aromatic carbocycles. The van der Waals surface area contributed by atoms with Gasteiger partial charge in [-0.15, -0.1) is 0 Å². The first-order valence-electron chi connectivity index (χ1n) is 10.2. The number of rotatable bonds is 5. The average molecular weight is 432 g/mol. The number of anilines is 2. The largest absolute Gasteiger partial charge is 0.357 e. The predicted molar refractivity (Wildman–Crippen MR) is 123 cm³/mol. The number of pyridine rings is 2. The maximum atomic E-state index is 12.7. The first kappa shape index (κ1) is 21.2. The minimum absolute atomic E-state index is 0.156. The van der Waals surface area contributed by atoms with Crippen molar-refractivity contribution in [3.8, 4) is 11.3 Å². The number of carbonyl (C=O) groups is 2. The lowest BCUT2D eigenvalue weighted by Crippen LogP contribution is -2.43. The van der Waals surface area contributed by atoms with Gasteiger partial charge in [-0.2, -0.15) is 5.10 Å². The number of fused-ring (bicyclic) bond motifs is 1. The van der Waals surface area contributed by atoms with Crippen molar-refractivity contribution < 1.29 is 9.59 Å². The maximum absolute atomic E-state index is 12.7. The van der Waals surface area contributed by atoms with Crippen LogP contribution >= 0.6 is 0 Å². The van der Waals surface area contributed by atoms with Crippen molar-refractivity contribution in [1.82, 2.24) is 25.1 Å². The quantitative estimate of drug-likeness (QED) is 0.535. The summed E-state index contributed by atoms with van der Waals surface area (Å²) in [5.41, 5.74) is 4.43. The molecule has 0 saturated carbocycles.